The molecule has 2 atom stereocenters. The molecule has 6 heteroatoms. The first-order chi connectivity index (χ1) is 9.97. The third-order valence-electron chi connectivity index (χ3n) is 3.99. The van der Waals surface area contributed by atoms with E-state index in [1.165, 1.54) is 11.3 Å². The summed E-state index contributed by atoms with van der Waals surface area (Å²) in [5.41, 5.74) is 0. The largest absolute Gasteiger partial charge is 0.391 e. The van der Waals surface area contributed by atoms with Gasteiger partial charge in [0.25, 0.3) is 5.91 Å². The summed E-state index contributed by atoms with van der Waals surface area (Å²) in [6.07, 6.45) is 0.339. The van der Waals surface area contributed by atoms with E-state index in [-0.39, 0.29) is 11.8 Å². The number of hydrogen-bond acceptors (Lipinski definition) is 3. The maximum Gasteiger partial charge on any atom is 0.265 e. The molecule has 1 aliphatic rings. The van der Waals surface area contributed by atoms with Gasteiger partial charge in [0.2, 0.25) is 0 Å². The highest BCUT2D eigenvalue weighted by molar-refractivity contribution is 7.21. The monoisotopic (exact) mass is 343 g/mol. The Bertz CT molecular complexity index is 700. The van der Waals surface area contributed by atoms with Crippen molar-refractivity contribution >= 4 is 50.5 Å². The van der Waals surface area contributed by atoms with Crippen LogP contribution in [0.2, 0.25) is 10.0 Å². The highest BCUT2D eigenvalue weighted by atomic mass is 35.5. The van der Waals surface area contributed by atoms with Crippen LogP contribution < -0.4 is 0 Å². The molecule has 0 saturated carbocycles. The van der Waals surface area contributed by atoms with Crippen molar-refractivity contribution in [1.82, 2.24) is 4.90 Å². The van der Waals surface area contributed by atoms with Crippen molar-refractivity contribution in [2.45, 2.75) is 19.4 Å². The normalized spacial score (nSPS) is 22.8. The van der Waals surface area contributed by atoms with E-state index in [2.05, 4.69) is 0 Å². The summed E-state index contributed by atoms with van der Waals surface area (Å²) in [6.45, 7) is 3.02. The van der Waals surface area contributed by atoms with E-state index >= 15 is 0 Å². The van der Waals surface area contributed by atoms with E-state index in [9.17, 15) is 9.90 Å². The van der Waals surface area contributed by atoms with Crippen LogP contribution in [0.3, 0.4) is 0 Å². The molecule has 1 saturated heterocycles. The van der Waals surface area contributed by atoms with Gasteiger partial charge < -0.3 is 10.0 Å². The third-order valence-corrected chi connectivity index (χ3v) is 5.87. The summed E-state index contributed by atoms with van der Waals surface area (Å²) in [7, 11) is 0. The average molecular weight is 344 g/mol. The molecule has 1 aliphatic heterocycles. The molecule has 1 fully saturated rings. The van der Waals surface area contributed by atoms with E-state index in [4.69, 9.17) is 23.2 Å². The Balaban J connectivity index is 1.93. The highest BCUT2D eigenvalue weighted by Gasteiger charge is 2.30. The topological polar surface area (TPSA) is 40.5 Å². The van der Waals surface area contributed by atoms with Crippen LogP contribution in [0.1, 0.15) is 23.0 Å². The Morgan fingerprint density at radius 2 is 2.19 bits per heavy atom. The minimum atomic E-state index is -0.467. The summed E-state index contributed by atoms with van der Waals surface area (Å²) < 4.78 is 0.904. The minimum absolute atomic E-state index is 0.108. The summed E-state index contributed by atoms with van der Waals surface area (Å²) in [5, 5.41) is 11.9. The Morgan fingerprint density at radius 1 is 1.43 bits per heavy atom. The molecule has 1 N–H and O–H groups in total. The molecule has 2 unspecified atom stereocenters. The van der Waals surface area contributed by atoms with Gasteiger partial charge in [-0.2, -0.15) is 0 Å². The molecule has 3 rings (SSSR count). The van der Waals surface area contributed by atoms with Gasteiger partial charge in [-0.3, -0.25) is 4.79 Å². The average Bonchev–Trinajstić information content (AvgIpc) is 2.77. The van der Waals surface area contributed by atoms with Crippen molar-refractivity contribution in [1.29, 1.82) is 0 Å². The van der Waals surface area contributed by atoms with Gasteiger partial charge in [0.15, 0.2) is 0 Å². The van der Waals surface area contributed by atoms with Crippen LogP contribution in [-0.2, 0) is 0 Å². The molecule has 21 heavy (non-hydrogen) atoms. The first-order valence-electron chi connectivity index (χ1n) is 6.82. The fraction of sp³-hybridized carbons (Fsp3) is 0.400. The number of benzene rings is 1. The minimum Gasteiger partial charge on any atom is -0.391 e. The fourth-order valence-corrected chi connectivity index (χ4v) is 4.31. The predicted octanol–water partition coefficient (Wildman–Crippen LogP) is 4.05. The molecule has 2 heterocycles. The number of piperidine rings is 1. The maximum absolute atomic E-state index is 12.6. The fourth-order valence-electron chi connectivity index (χ4n) is 2.55. The van der Waals surface area contributed by atoms with Crippen LogP contribution in [0.25, 0.3) is 10.1 Å². The van der Waals surface area contributed by atoms with E-state index in [0.717, 1.165) is 16.5 Å². The molecule has 0 spiro atoms. The summed E-state index contributed by atoms with van der Waals surface area (Å²) >= 11 is 13.7. The second-order valence-electron chi connectivity index (χ2n) is 5.47. The Labute approximate surface area is 137 Å². The lowest BCUT2D eigenvalue weighted by molar-refractivity contribution is 0.0251. The second kappa shape index (κ2) is 5.76. The van der Waals surface area contributed by atoms with Crippen molar-refractivity contribution < 1.29 is 9.90 Å². The van der Waals surface area contributed by atoms with Crippen LogP contribution in [0, 0.1) is 5.92 Å². The zero-order chi connectivity index (χ0) is 15.1. The maximum atomic E-state index is 12.6. The number of aliphatic hydroxyl groups is 1. The van der Waals surface area contributed by atoms with Gasteiger partial charge in [-0.25, -0.2) is 0 Å². The molecule has 2 aromatic rings. The van der Waals surface area contributed by atoms with Gasteiger partial charge in [0.05, 0.1) is 11.1 Å². The lowest BCUT2D eigenvalue weighted by Gasteiger charge is -2.34. The SMILES string of the molecule is CC1CCN(C(=O)c2sc3cc(Cl)ccc3c2Cl)CC1O. The Kier molecular flexibility index (Phi) is 4.14. The molecule has 1 amide bonds. The summed E-state index contributed by atoms with van der Waals surface area (Å²) in [5.74, 6) is 0.119. The number of β-amino-alcohol motifs (C(OH)–C–C–N with tert-alkyl or cyclic N) is 1. The number of aliphatic hydroxyl groups excluding tert-OH is 1. The van der Waals surface area contributed by atoms with Crippen LogP contribution in [0.15, 0.2) is 18.2 Å². The number of amides is 1. The van der Waals surface area contributed by atoms with Gasteiger partial charge in [-0.1, -0.05) is 36.2 Å². The van der Waals surface area contributed by atoms with Crippen molar-refractivity contribution in [3.63, 3.8) is 0 Å². The third kappa shape index (κ3) is 2.78. The van der Waals surface area contributed by atoms with Crippen molar-refractivity contribution in [3.05, 3.63) is 33.1 Å². The number of halogens is 2. The Morgan fingerprint density at radius 3 is 2.90 bits per heavy atom. The second-order valence-corrected chi connectivity index (χ2v) is 7.34. The number of nitrogens with zero attached hydrogens (tertiary/aromatic N) is 1. The van der Waals surface area contributed by atoms with E-state index in [1.54, 1.807) is 11.0 Å². The molecule has 0 bridgehead atoms. The number of thiophene rings is 1. The van der Waals surface area contributed by atoms with E-state index in [0.29, 0.717) is 28.0 Å². The first kappa shape index (κ1) is 15.1. The number of hydrogen-bond donors (Lipinski definition) is 1. The quantitative estimate of drug-likeness (QED) is 0.848. The van der Waals surface area contributed by atoms with Crippen LogP contribution in [-0.4, -0.2) is 35.1 Å². The van der Waals surface area contributed by atoms with Gasteiger partial charge in [0, 0.05) is 28.2 Å². The Hall–Kier alpha value is -0.810. The van der Waals surface area contributed by atoms with Crippen molar-refractivity contribution in [3.8, 4) is 0 Å². The number of carbonyl (C=O) groups is 1. The first-order valence-corrected chi connectivity index (χ1v) is 8.39. The molecule has 112 valence electrons. The van der Waals surface area contributed by atoms with E-state index in [1.807, 2.05) is 19.1 Å². The molecule has 1 aromatic carbocycles. The number of fused-ring (bicyclic) bond motifs is 1. The van der Waals surface area contributed by atoms with Gasteiger partial charge >= 0.3 is 0 Å². The predicted molar refractivity (Wildman–Crippen MR) is 87.5 cm³/mol. The van der Waals surface area contributed by atoms with Crippen molar-refractivity contribution in [2.75, 3.05) is 13.1 Å². The van der Waals surface area contributed by atoms with Gasteiger partial charge in [-0.05, 0) is 24.5 Å². The smallest absolute Gasteiger partial charge is 0.265 e. The zero-order valence-electron chi connectivity index (χ0n) is 11.5. The molecular formula is C15H15Cl2NO2S. The summed E-state index contributed by atoms with van der Waals surface area (Å²) in [6, 6.07) is 5.42. The van der Waals surface area contributed by atoms with Crippen LogP contribution in [0.4, 0.5) is 0 Å². The molecule has 1 aromatic heterocycles. The molecule has 0 radical (unpaired) electrons. The summed E-state index contributed by atoms with van der Waals surface area (Å²) in [4.78, 5) is 14.8. The highest BCUT2D eigenvalue weighted by Crippen LogP contribution is 2.37. The lowest BCUT2D eigenvalue weighted by Crippen LogP contribution is -2.45. The van der Waals surface area contributed by atoms with Crippen LogP contribution >= 0.6 is 34.5 Å². The zero-order valence-corrected chi connectivity index (χ0v) is 13.8. The molecular weight excluding hydrogens is 329 g/mol. The van der Waals surface area contributed by atoms with Crippen molar-refractivity contribution in [2.24, 2.45) is 5.92 Å². The lowest BCUT2D eigenvalue weighted by atomic mass is 9.96. The standard InChI is InChI=1S/C15H15Cl2NO2S/c1-8-4-5-18(7-11(8)19)15(20)14-13(17)10-3-2-9(16)6-12(10)21-14/h2-3,6,8,11,19H,4-5,7H2,1H3. The van der Waals surface area contributed by atoms with E-state index < -0.39 is 6.10 Å². The number of likely N-dealkylation sites (tertiary alicyclic amines) is 1. The van der Waals surface area contributed by atoms with Gasteiger partial charge in [-0.15, -0.1) is 11.3 Å². The molecule has 0 aliphatic carbocycles. The van der Waals surface area contributed by atoms with Crippen LogP contribution in [0.5, 0.6) is 0 Å². The number of carbonyl (C=O) groups excluding carboxylic acids is 1. The van der Waals surface area contributed by atoms with Gasteiger partial charge in [0.1, 0.15) is 4.88 Å². The molecule has 3 nitrogen and oxygen atoms in total. The number of rotatable bonds is 1.